The van der Waals surface area contributed by atoms with E-state index < -0.39 is 0 Å². The largest absolute Gasteiger partial charge is 0.252 e. The predicted molar refractivity (Wildman–Crippen MR) is 120 cm³/mol. The van der Waals surface area contributed by atoms with Gasteiger partial charge in [0.1, 0.15) is 0 Å². The fourth-order valence-corrected chi connectivity index (χ4v) is 3.98. The molecular weight excluding hydrogens is 388 g/mol. The van der Waals surface area contributed by atoms with Crippen LogP contribution in [0.5, 0.6) is 0 Å². The van der Waals surface area contributed by atoms with Gasteiger partial charge >= 0.3 is 0 Å². The maximum Gasteiger partial charge on any atom is 0.252 e. The molecule has 4 rings (SSSR count). The second kappa shape index (κ2) is 9.49. The minimum atomic E-state index is 0.468. The van der Waals surface area contributed by atoms with Crippen molar-refractivity contribution in [2.45, 2.75) is 85.5 Å². The normalized spacial score (nSPS) is 11.7. The standard InChI is InChI=1S/C23H32N8/c1-5-9-16-13-18(11-7-3)30-22(24-16)26-20(28-30)15-21-27-23-25-17(10-6-2)14-19(12-8-4)31(23)29-21/h13-14H,5-12,15H2,1-4H3. The van der Waals surface area contributed by atoms with Crippen LogP contribution in [0, 0.1) is 0 Å². The molecule has 0 spiro atoms. The molecule has 164 valence electrons. The highest BCUT2D eigenvalue weighted by molar-refractivity contribution is 5.34. The second-order valence-electron chi connectivity index (χ2n) is 8.13. The average Bonchev–Trinajstić information content (AvgIpc) is 3.32. The van der Waals surface area contributed by atoms with Crippen molar-refractivity contribution in [2.75, 3.05) is 0 Å². The molecule has 31 heavy (non-hydrogen) atoms. The summed E-state index contributed by atoms with van der Waals surface area (Å²) in [5.41, 5.74) is 4.49. The highest BCUT2D eigenvalue weighted by atomic mass is 15.4. The lowest BCUT2D eigenvalue weighted by molar-refractivity contribution is 0.755. The first-order chi connectivity index (χ1) is 15.1. The van der Waals surface area contributed by atoms with Crippen molar-refractivity contribution >= 4 is 11.6 Å². The van der Waals surface area contributed by atoms with Gasteiger partial charge in [0, 0.05) is 22.8 Å². The SMILES string of the molecule is CCCc1cc(CCC)n2nc(Cc3nc4nc(CCC)cc(CCC)n4n3)nc2n1. The molecule has 0 radical (unpaired) electrons. The summed E-state index contributed by atoms with van der Waals surface area (Å²) in [5, 5.41) is 9.47. The van der Waals surface area contributed by atoms with Crippen LogP contribution in [0.2, 0.25) is 0 Å². The van der Waals surface area contributed by atoms with Gasteiger partial charge in [0.05, 0.1) is 6.42 Å². The molecule has 0 saturated heterocycles. The minimum Gasteiger partial charge on any atom is -0.216 e. The van der Waals surface area contributed by atoms with Gasteiger partial charge in [-0.25, -0.2) is 19.0 Å². The van der Waals surface area contributed by atoms with Gasteiger partial charge in [-0.05, 0) is 37.8 Å². The molecule has 0 N–H and O–H groups in total. The topological polar surface area (TPSA) is 86.2 Å². The van der Waals surface area contributed by atoms with Gasteiger partial charge in [0.25, 0.3) is 11.6 Å². The molecule has 4 aromatic heterocycles. The predicted octanol–water partition coefficient (Wildman–Crippen LogP) is 3.96. The summed E-state index contributed by atoms with van der Waals surface area (Å²) >= 11 is 0. The van der Waals surface area contributed by atoms with Gasteiger partial charge in [0.15, 0.2) is 11.6 Å². The van der Waals surface area contributed by atoms with Crippen molar-refractivity contribution < 1.29 is 0 Å². The van der Waals surface area contributed by atoms with Crippen molar-refractivity contribution in [1.82, 2.24) is 39.2 Å². The first-order valence-electron chi connectivity index (χ1n) is 11.6. The lowest BCUT2D eigenvalue weighted by Gasteiger charge is -2.05. The molecule has 0 unspecified atom stereocenters. The molecule has 0 atom stereocenters. The maximum atomic E-state index is 4.74. The van der Waals surface area contributed by atoms with Crippen LogP contribution >= 0.6 is 0 Å². The summed E-state index contributed by atoms with van der Waals surface area (Å²) in [7, 11) is 0. The van der Waals surface area contributed by atoms with Crippen LogP contribution in [-0.4, -0.2) is 39.2 Å². The fourth-order valence-electron chi connectivity index (χ4n) is 3.98. The zero-order valence-electron chi connectivity index (χ0n) is 19.1. The molecule has 0 bridgehead atoms. The maximum absolute atomic E-state index is 4.74. The smallest absolute Gasteiger partial charge is 0.216 e. The van der Waals surface area contributed by atoms with E-state index in [1.54, 1.807) is 0 Å². The molecular formula is C23H32N8. The van der Waals surface area contributed by atoms with Gasteiger partial charge in [-0.1, -0.05) is 53.4 Å². The quantitative estimate of drug-likeness (QED) is 0.386. The van der Waals surface area contributed by atoms with Crippen LogP contribution in [0.25, 0.3) is 11.6 Å². The molecule has 0 saturated carbocycles. The van der Waals surface area contributed by atoms with Crippen LogP contribution in [0.3, 0.4) is 0 Å². The van der Waals surface area contributed by atoms with Crippen molar-refractivity contribution in [2.24, 2.45) is 0 Å². The van der Waals surface area contributed by atoms with Crippen LogP contribution < -0.4 is 0 Å². The Balaban J connectivity index is 1.69. The summed E-state index contributed by atoms with van der Waals surface area (Å²) in [6.07, 6.45) is 8.52. The fraction of sp³-hybridized carbons (Fsp3) is 0.565. The Morgan fingerprint density at radius 1 is 0.581 bits per heavy atom. The van der Waals surface area contributed by atoms with Gasteiger partial charge in [0.2, 0.25) is 0 Å². The second-order valence-corrected chi connectivity index (χ2v) is 8.13. The third-order valence-electron chi connectivity index (χ3n) is 5.31. The van der Waals surface area contributed by atoms with Crippen LogP contribution in [0.1, 0.15) is 87.8 Å². The van der Waals surface area contributed by atoms with Crippen LogP contribution in [-0.2, 0) is 32.1 Å². The Labute approximate surface area is 183 Å². The lowest BCUT2D eigenvalue weighted by atomic mass is 10.2. The number of aromatic nitrogens is 8. The zero-order chi connectivity index (χ0) is 21.8. The number of hydrogen-bond acceptors (Lipinski definition) is 6. The number of fused-ring (bicyclic) bond motifs is 2. The molecule has 0 aliphatic rings. The zero-order valence-corrected chi connectivity index (χ0v) is 19.1. The van der Waals surface area contributed by atoms with E-state index >= 15 is 0 Å². The van der Waals surface area contributed by atoms with E-state index in [9.17, 15) is 0 Å². The molecule has 0 fully saturated rings. The number of nitrogens with zero attached hydrogens (tertiary/aromatic N) is 8. The Hall–Kier alpha value is -2.90. The van der Waals surface area contributed by atoms with E-state index in [4.69, 9.17) is 30.1 Å². The summed E-state index contributed by atoms with van der Waals surface area (Å²) in [6, 6.07) is 4.33. The molecule has 4 heterocycles. The first-order valence-corrected chi connectivity index (χ1v) is 11.6. The first kappa shape index (κ1) is 21.3. The molecule has 4 aromatic rings. The van der Waals surface area contributed by atoms with Crippen molar-refractivity contribution in [3.8, 4) is 0 Å². The number of hydrogen-bond donors (Lipinski definition) is 0. The van der Waals surface area contributed by atoms with E-state index in [1.807, 2.05) is 9.03 Å². The van der Waals surface area contributed by atoms with E-state index in [-0.39, 0.29) is 0 Å². The lowest BCUT2D eigenvalue weighted by Crippen LogP contribution is -2.04. The van der Waals surface area contributed by atoms with Crippen molar-refractivity contribution in [3.63, 3.8) is 0 Å². The van der Waals surface area contributed by atoms with Crippen molar-refractivity contribution in [3.05, 3.63) is 46.6 Å². The summed E-state index contributed by atoms with van der Waals surface area (Å²) < 4.78 is 3.77. The molecule has 8 heteroatoms. The van der Waals surface area contributed by atoms with Crippen LogP contribution in [0.4, 0.5) is 0 Å². The van der Waals surface area contributed by atoms with E-state index in [0.29, 0.717) is 29.6 Å². The number of rotatable bonds is 10. The van der Waals surface area contributed by atoms with E-state index in [0.717, 1.165) is 74.1 Å². The van der Waals surface area contributed by atoms with E-state index in [1.165, 1.54) is 0 Å². The summed E-state index contributed by atoms with van der Waals surface area (Å²) in [4.78, 5) is 18.8. The summed E-state index contributed by atoms with van der Waals surface area (Å²) in [6.45, 7) is 8.70. The Kier molecular flexibility index (Phi) is 6.53. The average molecular weight is 421 g/mol. The van der Waals surface area contributed by atoms with Crippen LogP contribution in [0.15, 0.2) is 12.1 Å². The highest BCUT2D eigenvalue weighted by Gasteiger charge is 2.15. The molecule has 8 nitrogen and oxygen atoms in total. The summed E-state index contributed by atoms with van der Waals surface area (Å²) in [5.74, 6) is 2.73. The van der Waals surface area contributed by atoms with Crippen molar-refractivity contribution in [1.29, 1.82) is 0 Å². The Morgan fingerprint density at radius 3 is 1.39 bits per heavy atom. The van der Waals surface area contributed by atoms with Gasteiger partial charge in [-0.3, -0.25) is 0 Å². The molecule has 0 aromatic carbocycles. The molecule has 0 aliphatic carbocycles. The van der Waals surface area contributed by atoms with Gasteiger partial charge in [-0.2, -0.15) is 9.97 Å². The number of aryl methyl sites for hydroxylation is 4. The minimum absolute atomic E-state index is 0.468. The third-order valence-corrected chi connectivity index (χ3v) is 5.31. The van der Waals surface area contributed by atoms with Gasteiger partial charge < -0.3 is 0 Å². The highest BCUT2D eigenvalue weighted by Crippen LogP contribution is 2.14. The molecule has 0 amide bonds. The monoisotopic (exact) mass is 420 g/mol. The Bertz CT molecular complexity index is 1080. The third kappa shape index (κ3) is 4.57. The Morgan fingerprint density at radius 2 is 1.00 bits per heavy atom. The molecule has 0 aliphatic heterocycles. The van der Waals surface area contributed by atoms with E-state index in [2.05, 4.69) is 39.8 Å². The van der Waals surface area contributed by atoms with Gasteiger partial charge in [-0.15, -0.1) is 10.2 Å².